The van der Waals surface area contributed by atoms with Crippen LogP contribution in [0.5, 0.6) is 28.7 Å². The summed E-state index contributed by atoms with van der Waals surface area (Å²) in [6, 6.07) is 53.7. The summed E-state index contributed by atoms with van der Waals surface area (Å²) in [5.41, 5.74) is 12.1. The minimum absolute atomic E-state index is 0. The van der Waals surface area contributed by atoms with Crippen LogP contribution in [0.2, 0.25) is 0 Å². The molecule has 0 saturated heterocycles. The fraction of sp³-hybridized carbons (Fsp3) is 0.274. The van der Waals surface area contributed by atoms with Gasteiger partial charge in [0.15, 0.2) is 28.7 Å². The van der Waals surface area contributed by atoms with Gasteiger partial charge >= 0.3 is 0 Å². The number of hydroxylamine groups is 1. The number of methoxy groups -OCH3 is 5. The molecule has 8 aromatic carbocycles. The molecular formula is C73H96BCl2F4N8O11. The van der Waals surface area contributed by atoms with Crippen molar-refractivity contribution in [2.24, 2.45) is 26.9 Å². The molecule has 0 aliphatic rings. The van der Waals surface area contributed by atoms with Gasteiger partial charge in [0.2, 0.25) is 0 Å². The average molecular weight is 1420 g/mol. The van der Waals surface area contributed by atoms with E-state index in [2.05, 4.69) is 95.8 Å². The molecule has 0 aliphatic carbocycles. The number of hydrogen-bond donors (Lipinski definition) is 8. The molecule has 19 nitrogen and oxygen atoms in total. The van der Waals surface area contributed by atoms with Crippen molar-refractivity contribution >= 4 is 72.7 Å². The van der Waals surface area contributed by atoms with Crippen molar-refractivity contribution in [1.29, 1.82) is 0 Å². The molecule has 0 fully saturated rings. The average Bonchev–Trinajstić information content (AvgIpc) is 1.64. The lowest BCUT2D eigenvalue weighted by molar-refractivity contribution is 0.111. The van der Waals surface area contributed by atoms with Gasteiger partial charge in [-0.25, -0.2) is 23.5 Å². The number of carbonyl (C=O) groups is 1. The van der Waals surface area contributed by atoms with E-state index in [0.717, 1.165) is 40.9 Å². The van der Waals surface area contributed by atoms with Crippen LogP contribution in [-0.2, 0) is 16.2 Å². The van der Waals surface area contributed by atoms with E-state index in [0.29, 0.717) is 30.9 Å². The number of anilines is 1. The number of oxime groups is 2. The van der Waals surface area contributed by atoms with Crippen molar-refractivity contribution in [2.45, 2.75) is 80.1 Å². The minimum atomic E-state index is -0.595. The molecule has 10 N–H and O–H groups in total. The first-order valence-corrected chi connectivity index (χ1v) is 29.0. The van der Waals surface area contributed by atoms with Crippen LogP contribution in [0.1, 0.15) is 109 Å². The number of rotatable bonds is 18. The van der Waals surface area contributed by atoms with E-state index in [1.54, 1.807) is 25.3 Å². The smallest absolute Gasteiger partial charge is 0.182 e. The van der Waals surface area contributed by atoms with Crippen LogP contribution in [-0.4, -0.2) is 113 Å². The van der Waals surface area contributed by atoms with Crippen molar-refractivity contribution in [1.82, 2.24) is 10.6 Å². The molecule has 1 heterocycles. The second kappa shape index (κ2) is 48.1. The molecule has 3 radical (unpaired) electrons. The summed E-state index contributed by atoms with van der Waals surface area (Å²) in [4.78, 5) is 14.7. The lowest BCUT2D eigenvalue weighted by Gasteiger charge is -2.25. The van der Waals surface area contributed by atoms with Gasteiger partial charge in [-0.1, -0.05) is 212 Å². The second-order valence-electron chi connectivity index (χ2n) is 21.5. The SMILES string of the molecule is C.C.C.CC(C)(CN)c1ccccc1.COc1cccc(F)c1/C(Cl)=N/O.COc1cccc(F)c1/C=N/O.COc1cccc(F)c1C(=NCC(C)(C)c1ccccc1)NO.COc1cccc(F)c1C=O.COc1cccc2onc(NCC(C)(C)c3ccccc3)c12.Cl.NO.[2HH].[B]. The lowest BCUT2D eigenvalue weighted by Crippen LogP contribution is -2.27. The minimum Gasteiger partial charge on any atom is -0.496 e. The first-order chi connectivity index (χ1) is 45.1. The summed E-state index contributed by atoms with van der Waals surface area (Å²) in [6.07, 6.45) is 1.43. The topological polar surface area (TPSA) is 283 Å². The molecular weight excluding hydrogens is 1320 g/mol. The molecule has 0 saturated carbocycles. The first kappa shape index (κ1) is 93.5. The molecule has 0 spiro atoms. The Bertz CT molecular complexity index is 3830. The standard InChI is InChI=1S/C18H21FN2O2.C18H20N2O2.C10H15N.C8H7ClFNO2.C8H8FNO2.C8H7FO2.3CH4.B.ClH.H3NO.H2/c1-18(2,13-8-5-4-6-9-13)12-20-17(21-22)16-14(19)10-7-11-15(16)23-3;1-18(2,13-8-5-4-6-9-13)12-19-17-16-14(21-3)10-7-11-15(16)22-20-17;1-10(2,8-11)9-6-4-3-5-7-9;1-13-6-4-2-3-5(10)7(6)8(9)11-12;1-12-8-4-2-3-7(9)6(8)5-10-11;1-11-8-4-2-3-7(9)6(8)5-10;;;;;;1-2;/h4-11,22H,12H2,1-3H3,(H,20,21);4-11H,12H2,1-3H3,(H,19,20);3-7H,8,11H2,1-2H3;2-4,12H,1H3;2-5,11H,1H3;2-5H,1H3;3*1H4;;1H;2H,1H2;1H/b;;;11-8-;10-5+;;;;;;;;/i;;;;;;;;;;;;1+1. The van der Waals surface area contributed by atoms with Crippen molar-refractivity contribution < 1.29 is 72.8 Å². The van der Waals surface area contributed by atoms with Crippen LogP contribution < -0.4 is 46.1 Å². The van der Waals surface area contributed by atoms with E-state index in [1.165, 1.54) is 94.2 Å². The van der Waals surface area contributed by atoms with Gasteiger partial charge in [-0.15, -0.1) is 12.4 Å². The van der Waals surface area contributed by atoms with Crippen LogP contribution >= 0.6 is 24.0 Å². The Kier molecular flexibility index (Phi) is 45.4. The number of amidine groups is 1. The van der Waals surface area contributed by atoms with E-state index >= 15 is 0 Å². The quantitative estimate of drug-likeness (QED) is 0.00754. The first-order valence-electron chi connectivity index (χ1n) is 28.6. The van der Waals surface area contributed by atoms with Crippen molar-refractivity contribution in [3.63, 3.8) is 0 Å². The number of fused-ring (bicyclic) bond motifs is 1. The monoisotopic (exact) mass is 1420 g/mol. The van der Waals surface area contributed by atoms with Crippen LogP contribution in [0, 0.1) is 23.3 Å². The number of benzene rings is 8. The maximum Gasteiger partial charge on any atom is 0.182 e. The predicted octanol–water partition coefficient (Wildman–Crippen LogP) is 16.7. The van der Waals surface area contributed by atoms with E-state index in [9.17, 15) is 27.6 Å². The Labute approximate surface area is 593 Å². The Morgan fingerprint density at radius 1 is 0.566 bits per heavy atom. The van der Waals surface area contributed by atoms with E-state index in [1.807, 2.05) is 92.1 Å². The van der Waals surface area contributed by atoms with E-state index < -0.39 is 23.3 Å². The summed E-state index contributed by atoms with van der Waals surface area (Å²) in [5.74, 6) is 4.02. The zero-order valence-corrected chi connectivity index (χ0v) is 56.6. The van der Waals surface area contributed by atoms with Crippen molar-refractivity contribution in [3.05, 3.63) is 244 Å². The Morgan fingerprint density at radius 3 is 1.36 bits per heavy atom. The number of hydrogen-bond acceptors (Lipinski definition) is 18. The highest BCUT2D eigenvalue weighted by molar-refractivity contribution is 6.69. The normalized spacial score (nSPS) is 10.5. The molecule has 99 heavy (non-hydrogen) atoms. The maximum absolute atomic E-state index is 14.1. The maximum atomic E-state index is 14.1. The summed E-state index contributed by atoms with van der Waals surface area (Å²) >= 11 is 5.46. The molecule has 0 aliphatic heterocycles. The lowest BCUT2D eigenvalue weighted by atomic mass is 9.84. The number of ether oxygens (including phenoxy) is 5. The molecule has 0 amide bonds. The van der Waals surface area contributed by atoms with Crippen LogP contribution in [0.3, 0.4) is 0 Å². The fourth-order valence-electron chi connectivity index (χ4n) is 8.50. The zero-order valence-electron chi connectivity index (χ0n) is 55.1. The highest BCUT2D eigenvalue weighted by atomic mass is 35.5. The van der Waals surface area contributed by atoms with Crippen LogP contribution in [0.15, 0.2) is 202 Å². The second-order valence-corrected chi connectivity index (χ2v) is 21.9. The van der Waals surface area contributed by atoms with Gasteiger partial charge in [-0.2, -0.15) is 0 Å². The summed E-state index contributed by atoms with van der Waals surface area (Å²) in [5, 5.41) is 46.0. The molecule has 0 unspecified atom stereocenters. The Morgan fingerprint density at radius 2 is 0.949 bits per heavy atom. The highest BCUT2D eigenvalue weighted by Gasteiger charge is 2.24. The molecule has 9 rings (SSSR count). The number of nitrogens with zero attached hydrogens (tertiary/aromatic N) is 4. The number of nitrogens with two attached hydrogens (primary N) is 2. The third kappa shape index (κ3) is 28.0. The van der Waals surface area contributed by atoms with Gasteiger partial charge in [0.25, 0.3) is 0 Å². The summed E-state index contributed by atoms with van der Waals surface area (Å²) in [6.45, 7) is 14.6. The van der Waals surface area contributed by atoms with Gasteiger partial charge < -0.3 is 54.9 Å². The fourth-order valence-corrected chi connectivity index (χ4v) is 8.68. The third-order valence-electron chi connectivity index (χ3n) is 14.0. The Hall–Kier alpha value is -9.69. The molecule has 26 heteroatoms. The van der Waals surface area contributed by atoms with Gasteiger partial charge in [-0.3, -0.25) is 20.5 Å². The van der Waals surface area contributed by atoms with Crippen molar-refractivity contribution in [2.75, 3.05) is 60.5 Å². The van der Waals surface area contributed by atoms with E-state index in [4.69, 9.17) is 61.2 Å². The van der Waals surface area contributed by atoms with Crippen LogP contribution in [0.4, 0.5) is 23.4 Å². The summed E-state index contributed by atoms with van der Waals surface area (Å²) < 4.78 is 83.2. The molecule has 9 aromatic rings. The molecule has 1 aromatic heterocycles. The Balaban J connectivity index is -0.000000558. The number of carbonyl (C=O) groups excluding carboxylic acids is 1. The largest absolute Gasteiger partial charge is 0.496 e. The summed E-state index contributed by atoms with van der Waals surface area (Å²) in [7, 11) is 7.28. The molecule has 0 atom stereocenters. The van der Waals surface area contributed by atoms with Gasteiger partial charge in [0.1, 0.15) is 57.4 Å². The van der Waals surface area contributed by atoms with Gasteiger partial charge in [0, 0.05) is 39.2 Å². The highest BCUT2D eigenvalue weighted by Crippen LogP contribution is 2.34. The zero-order chi connectivity index (χ0) is 69.9. The third-order valence-corrected chi connectivity index (χ3v) is 14.2. The van der Waals surface area contributed by atoms with Gasteiger partial charge in [-0.05, 0) is 77.4 Å². The number of aldehydes is 1. The number of aromatic nitrogens is 1. The number of aliphatic imine (C=N–C) groups is 1. The van der Waals surface area contributed by atoms with Crippen molar-refractivity contribution in [3.8, 4) is 28.7 Å². The predicted molar refractivity (Wildman–Crippen MR) is 395 cm³/mol. The van der Waals surface area contributed by atoms with Gasteiger partial charge in [0.05, 0.1) is 70.6 Å². The molecule has 539 valence electrons. The van der Waals surface area contributed by atoms with Crippen LogP contribution in [0.25, 0.3) is 11.0 Å². The van der Waals surface area contributed by atoms with E-state index in [-0.39, 0.29) is 106 Å². The number of nitrogens with one attached hydrogen (secondary N) is 2. The number of halogens is 6. The molecule has 0 bridgehead atoms.